The summed E-state index contributed by atoms with van der Waals surface area (Å²) in [6.45, 7) is 3.17. The van der Waals surface area contributed by atoms with E-state index >= 15 is 0 Å². The Morgan fingerprint density at radius 3 is 3.00 bits per heavy atom. The predicted molar refractivity (Wildman–Crippen MR) is 80.1 cm³/mol. The van der Waals surface area contributed by atoms with E-state index in [9.17, 15) is 4.79 Å². The van der Waals surface area contributed by atoms with E-state index in [1.165, 1.54) is 0 Å². The minimum Gasteiger partial charge on any atom is -0.359 e. The molecule has 1 saturated heterocycles. The Morgan fingerprint density at radius 1 is 1.45 bits per heavy atom. The zero-order valence-electron chi connectivity index (χ0n) is 12.5. The number of aromatic nitrogens is 3. The van der Waals surface area contributed by atoms with Crippen molar-refractivity contribution < 1.29 is 9.32 Å². The largest absolute Gasteiger partial charge is 0.359 e. The molecule has 1 aliphatic rings. The van der Waals surface area contributed by atoms with E-state index in [0.717, 1.165) is 30.8 Å². The summed E-state index contributed by atoms with van der Waals surface area (Å²) in [6.07, 6.45) is 5.66. The summed E-state index contributed by atoms with van der Waals surface area (Å²) < 4.78 is 5.32. The second kappa shape index (κ2) is 6.55. The van der Waals surface area contributed by atoms with Gasteiger partial charge in [-0.05, 0) is 25.8 Å². The average molecular weight is 301 g/mol. The molecule has 1 N–H and O–H groups in total. The van der Waals surface area contributed by atoms with Gasteiger partial charge in [-0.25, -0.2) is 9.97 Å². The van der Waals surface area contributed by atoms with Crippen molar-refractivity contribution in [2.24, 2.45) is 0 Å². The first-order chi connectivity index (χ1) is 10.7. The van der Waals surface area contributed by atoms with E-state index < -0.39 is 0 Å². The first-order valence-electron chi connectivity index (χ1n) is 7.47. The molecule has 0 aliphatic carbocycles. The van der Waals surface area contributed by atoms with Crippen LogP contribution in [0.25, 0.3) is 0 Å². The maximum absolute atomic E-state index is 12.4. The molecular weight excluding hydrogens is 282 g/mol. The fourth-order valence-electron chi connectivity index (χ4n) is 2.72. The van der Waals surface area contributed by atoms with Gasteiger partial charge in [-0.1, -0.05) is 5.16 Å². The number of nitrogens with zero attached hydrogens (tertiary/aromatic N) is 4. The normalized spacial score (nSPS) is 17.7. The second-order valence-corrected chi connectivity index (χ2v) is 5.36. The van der Waals surface area contributed by atoms with E-state index in [2.05, 4.69) is 20.4 Å². The lowest BCUT2D eigenvalue weighted by molar-refractivity contribution is -0.132. The van der Waals surface area contributed by atoms with Crippen LogP contribution in [-0.2, 0) is 4.79 Å². The third-order valence-corrected chi connectivity index (χ3v) is 3.74. The van der Waals surface area contributed by atoms with E-state index in [0.29, 0.717) is 18.9 Å². The molecule has 1 aliphatic heterocycles. The molecular formula is C15H19N5O2. The van der Waals surface area contributed by atoms with Crippen LogP contribution in [0.3, 0.4) is 0 Å². The van der Waals surface area contributed by atoms with Gasteiger partial charge in [-0.15, -0.1) is 0 Å². The third-order valence-electron chi connectivity index (χ3n) is 3.74. The lowest BCUT2D eigenvalue weighted by Crippen LogP contribution is -2.31. The van der Waals surface area contributed by atoms with Gasteiger partial charge in [0.1, 0.15) is 0 Å². The molecule has 3 heterocycles. The molecule has 1 unspecified atom stereocenters. The molecule has 2 aromatic heterocycles. The van der Waals surface area contributed by atoms with E-state index in [4.69, 9.17) is 4.52 Å². The predicted octanol–water partition coefficient (Wildman–Crippen LogP) is 1.94. The van der Waals surface area contributed by atoms with Gasteiger partial charge >= 0.3 is 0 Å². The van der Waals surface area contributed by atoms with Crippen LogP contribution in [0.5, 0.6) is 0 Å². The number of likely N-dealkylation sites (tertiary alicyclic amines) is 1. The maximum atomic E-state index is 12.4. The van der Waals surface area contributed by atoms with E-state index in [-0.39, 0.29) is 11.9 Å². The summed E-state index contributed by atoms with van der Waals surface area (Å²) in [5, 5.41) is 6.97. The van der Waals surface area contributed by atoms with Gasteiger partial charge in [-0.2, -0.15) is 0 Å². The lowest BCUT2D eigenvalue weighted by Gasteiger charge is -2.22. The zero-order chi connectivity index (χ0) is 15.4. The number of hydrogen-bond donors (Lipinski definition) is 1. The molecule has 7 nitrogen and oxygen atoms in total. The number of rotatable bonds is 5. The van der Waals surface area contributed by atoms with Crippen molar-refractivity contribution in [1.82, 2.24) is 20.0 Å². The number of anilines is 1. The van der Waals surface area contributed by atoms with E-state index in [1.807, 2.05) is 17.9 Å². The Hall–Kier alpha value is -2.44. The van der Waals surface area contributed by atoms with Crippen molar-refractivity contribution in [2.75, 3.05) is 18.4 Å². The van der Waals surface area contributed by atoms with Crippen molar-refractivity contribution in [3.63, 3.8) is 0 Å². The van der Waals surface area contributed by atoms with Crippen LogP contribution in [0.1, 0.15) is 36.8 Å². The molecule has 3 rings (SSSR count). The number of aryl methyl sites for hydroxylation is 1. The minimum atomic E-state index is 0.0154. The summed E-state index contributed by atoms with van der Waals surface area (Å²) in [4.78, 5) is 22.4. The SMILES string of the molecule is Cc1cc(C2CCCN2C(=O)CCNc2ncccn2)on1. The summed E-state index contributed by atoms with van der Waals surface area (Å²) in [5.74, 6) is 1.43. The third kappa shape index (κ3) is 3.24. The van der Waals surface area contributed by atoms with Crippen LogP contribution in [0.15, 0.2) is 29.0 Å². The molecule has 116 valence electrons. The Balaban J connectivity index is 1.55. The summed E-state index contributed by atoms with van der Waals surface area (Å²) >= 11 is 0. The van der Waals surface area contributed by atoms with Crippen molar-refractivity contribution in [2.45, 2.75) is 32.2 Å². The molecule has 0 bridgehead atoms. The molecule has 0 aromatic carbocycles. The van der Waals surface area contributed by atoms with Crippen molar-refractivity contribution >= 4 is 11.9 Å². The molecule has 2 aromatic rings. The Morgan fingerprint density at radius 2 is 2.27 bits per heavy atom. The topological polar surface area (TPSA) is 84.2 Å². The number of carbonyl (C=O) groups is 1. The first-order valence-corrected chi connectivity index (χ1v) is 7.47. The summed E-state index contributed by atoms with van der Waals surface area (Å²) in [7, 11) is 0. The quantitative estimate of drug-likeness (QED) is 0.908. The van der Waals surface area contributed by atoms with Gasteiger partial charge in [0.2, 0.25) is 11.9 Å². The fraction of sp³-hybridized carbons (Fsp3) is 0.467. The molecule has 0 spiro atoms. The van der Waals surface area contributed by atoms with Crippen molar-refractivity contribution in [3.05, 3.63) is 36.0 Å². The maximum Gasteiger partial charge on any atom is 0.224 e. The molecule has 7 heteroatoms. The highest BCUT2D eigenvalue weighted by molar-refractivity contribution is 5.77. The van der Waals surface area contributed by atoms with E-state index in [1.54, 1.807) is 18.5 Å². The molecule has 1 amide bonds. The van der Waals surface area contributed by atoms with Crippen LogP contribution in [-0.4, -0.2) is 39.0 Å². The highest BCUT2D eigenvalue weighted by Crippen LogP contribution is 2.32. The molecule has 0 radical (unpaired) electrons. The molecule has 22 heavy (non-hydrogen) atoms. The average Bonchev–Trinajstić information content (AvgIpc) is 3.16. The van der Waals surface area contributed by atoms with Gasteiger partial charge in [0, 0.05) is 38.0 Å². The van der Waals surface area contributed by atoms with Gasteiger partial charge in [0.25, 0.3) is 0 Å². The molecule has 1 atom stereocenters. The number of nitrogens with one attached hydrogen (secondary N) is 1. The highest BCUT2D eigenvalue weighted by atomic mass is 16.5. The molecule has 0 saturated carbocycles. The number of carbonyl (C=O) groups excluding carboxylic acids is 1. The number of amides is 1. The smallest absolute Gasteiger partial charge is 0.224 e. The van der Waals surface area contributed by atoms with Crippen LogP contribution in [0, 0.1) is 6.92 Å². The van der Waals surface area contributed by atoms with Gasteiger partial charge < -0.3 is 14.7 Å². The van der Waals surface area contributed by atoms with Gasteiger partial charge in [-0.3, -0.25) is 4.79 Å². The Kier molecular flexibility index (Phi) is 4.32. The number of hydrogen-bond acceptors (Lipinski definition) is 6. The Bertz CT molecular complexity index is 628. The van der Waals surface area contributed by atoms with Crippen molar-refractivity contribution in [3.8, 4) is 0 Å². The summed E-state index contributed by atoms with van der Waals surface area (Å²) in [6, 6.07) is 3.68. The first kappa shape index (κ1) is 14.5. The van der Waals surface area contributed by atoms with Crippen LogP contribution in [0.2, 0.25) is 0 Å². The Labute approximate surface area is 128 Å². The summed E-state index contributed by atoms with van der Waals surface area (Å²) in [5.41, 5.74) is 0.845. The minimum absolute atomic E-state index is 0.0154. The van der Waals surface area contributed by atoms with Gasteiger partial charge in [0.05, 0.1) is 11.7 Å². The lowest BCUT2D eigenvalue weighted by atomic mass is 10.1. The van der Waals surface area contributed by atoms with Crippen LogP contribution >= 0.6 is 0 Å². The highest BCUT2D eigenvalue weighted by Gasteiger charge is 2.32. The fourth-order valence-corrected chi connectivity index (χ4v) is 2.72. The van der Waals surface area contributed by atoms with Gasteiger partial charge in [0.15, 0.2) is 5.76 Å². The van der Waals surface area contributed by atoms with Crippen molar-refractivity contribution in [1.29, 1.82) is 0 Å². The monoisotopic (exact) mass is 301 g/mol. The molecule has 1 fully saturated rings. The van der Waals surface area contributed by atoms with Crippen LogP contribution < -0.4 is 5.32 Å². The zero-order valence-corrected chi connectivity index (χ0v) is 12.5. The second-order valence-electron chi connectivity index (χ2n) is 5.36. The standard InChI is InChI=1S/C15H19N5O2/c1-11-10-13(22-19-11)12-4-2-9-20(12)14(21)5-8-18-15-16-6-3-7-17-15/h3,6-7,10,12H,2,4-5,8-9H2,1H3,(H,16,17,18). The van der Waals surface area contributed by atoms with Crippen LogP contribution in [0.4, 0.5) is 5.95 Å².